The summed E-state index contributed by atoms with van der Waals surface area (Å²) in [7, 11) is 0. The Balaban J connectivity index is 3.07. The van der Waals surface area contributed by atoms with Gasteiger partial charge in [0, 0.05) is 16.1 Å². The molecule has 0 amide bonds. The summed E-state index contributed by atoms with van der Waals surface area (Å²) in [5.74, 6) is 0.245. The highest BCUT2D eigenvalue weighted by Gasteiger charge is 2.13. The number of hydrogen-bond acceptors (Lipinski definition) is 2. The minimum Gasteiger partial charge on any atom is -0.506 e. The summed E-state index contributed by atoms with van der Waals surface area (Å²) < 4.78 is 1.59. The molecule has 0 bridgehead atoms. The Hall–Kier alpha value is -0.0600. The van der Waals surface area contributed by atoms with Crippen LogP contribution in [0.5, 0.6) is 5.75 Å². The fourth-order valence-electron chi connectivity index (χ4n) is 1.34. The highest BCUT2D eigenvalue weighted by molar-refractivity contribution is 9.11. The van der Waals surface area contributed by atoms with E-state index in [1.54, 1.807) is 6.07 Å². The molecule has 78 valence electrons. The Bertz CT molecular complexity index is 328. The van der Waals surface area contributed by atoms with E-state index in [2.05, 4.69) is 38.8 Å². The van der Waals surface area contributed by atoms with Gasteiger partial charge < -0.3 is 10.8 Å². The van der Waals surface area contributed by atoms with Crippen molar-refractivity contribution in [2.45, 2.75) is 25.8 Å². The van der Waals surface area contributed by atoms with E-state index in [0.29, 0.717) is 4.47 Å². The number of halogens is 2. The second-order valence-corrected chi connectivity index (χ2v) is 4.99. The smallest absolute Gasteiger partial charge is 0.134 e. The summed E-state index contributed by atoms with van der Waals surface area (Å²) in [4.78, 5) is 0. The van der Waals surface area contributed by atoms with Crippen molar-refractivity contribution < 1.29 is 5.11 Å². The van der Waals surface area contributed by atoms with Crippen molar-refractivity contribution in [3.8, 4) is 5.75 Å². The molecular formula is C10H13Br2NO. The predicted molar refractivity (Wildman–Crippen MR) is 65.3 cm³/mol. The first kappa shape index (κ1) is 12.0. The summed E-state index contributed by atoms with van der Waals surface area (Å²) in [6.45, 7) is 2.07. The van der Waals surface area contributed by atoms with Crippen LogP contribution in [0.1, 0.15) is 31.4 Å². The van der Waals surface area contributed by atoms with Crippen molar-refractivity contribution in [2.24, 2.45) is 5.73 Å². The molecule has 4 heteroatoms. The second kappa shape index (κ2) is 5.14. The molecule has 0 heterocycles. The van der Waals surface area contributed by atoms with E-state index >= 15 is 0 Å². The van der Waals surface area contributed by atoms with Crippen LogP contribution in [0.3, 0.4) is 0 Å². The molecule has 0 aliphatic rings. The standard InChI is InChI=1S/C10H13Br2NO/c1-2-3-9(13)7-4-6(11)5-8(12)10(7)14/h4-5,9,14H,2-3,13H2,1H3/t9-/m0/s1. The number of nitrogens with two attached hydrogens (primary N) is 1. The van der Waals surface area contributed by atoms with Crippen LogP contribution in [-0.4, -0.2) is 5.11 Å². The van der Waals surface area contributed by atoms with E-state index in [0.717, 1.165) is 22.9 Å². The van der Waals surface area contributed by atoms with Crippen LogP contribution in [0.15, 0.2) is 21.1 Å². The van der Waals surface area contributed by atoms with Crippen molar-refractivity contribution in [3.63, 3.8) is 0 Å². The molecular weight excluding hydrogens is 310 g/mol. The van der Waals surface area contributed by atoms with Gasteiger partial charge in [0.25, 0.3) is 0 Å². The molecule has 3 N–H and O–H groups in total. The molecule has 0 spiro atoms. The predicted octanol–water partition coefficient (Wildman–Crippen LogP) is 3.72. The molecule has 1 atom stereocenters. The minimum atomic E-state index is -0.103. The lowest BCUT2D eigenvalue weighted by atomic mass is 10.0. The molecule has 1 aromatic rings. The third-order valence-electron chi connectivity index (χ3n) is 2.06. The third-order valence-corrected chi connectivity index (χ3v) is 3.12. The van der Waals surface area contributed by atoms with E-state index < -0.39 is 0 Å². The SMILES string of the molecule is CCC[C@H](N)c1cc(Br)cc(Br)c1O. The van der Waals surface area contributed by atoms with Crippen LogP contribution in [0.4, 0.5) is 0 Å². The van der Waals surface area contributed by atoms with Crippen molar-refractivity contribution >= 4 is 31.9 Å². The van der Waals surface area contributed by atoms with Crippen molar-refractivity contribution in [2.75, 3.05) is 0 Å². The molecule has 0 aliphatic carbocycles. The number of phenolic OH excluding ortho intramolecular Hbond substituents is 1. The lowest BCUT2D eigenvalue weighted by Gasteiger charge is -2.14. The van der Waals surface area contributed by atoms with Gasteiger partial charge in [-0.3, -0.25) is 0 Å². The summed E-state index contributed by atoms with van der Waals surface area (Å²) in [6.07, 6.45) is 1.88. The van der Waals surface area contributed by atoms with E-state index in [1.165, 1.54) is 0 Å². The van der Waals surface area contributed by atoms with Crippen molar-refractivity contribution in [3.05, 3.63) is 26.6 Å². The quantitative estimate of drug-likeness (QED) is 0.891. The lowest BCUT2D eigenvalue weighted by Crippen LogP contribution is -2.10. The largest absolute Gasteiger partial charge is 0.506 e. The zero-order valence-electron chi connectivity index (χ0n) is 7.93. The zero-order valence-corrected chi connectivity index (χ0v) is 11.1. The van der Waals surface area contributed by atoms with Gasteiger partial charge in [-0.1, -0.05) is 29.3 Å². The van der Waals surface area contributed by atoms with Gasteiger partial charge in [-0.2, -0.15) is 0 Å². The molecule has 0 unspecified atom stereocenters. The average molecular weight is 323 g/mol. The van der Waals surface area contributed by atoms with E-state index in [4.69, 9.17) is 5.73 Å². The average Bonchev–Trinajstić information content (AvgIpc) is 2.11. The van der Waals surface area contributed by atoms with Gasteiger partial charge in [-0.25, -0.2) is 0 Å². The van der Waals surface area contributed by atoms with E-state index in [1.807, 2.05) is 6.07 Å². The highest BCUT2D eigenvalue weighted by Crippen LogP contribution is 2.35. The Kier molecular flexibility index (Phi) is 4.41. The maximum Gasteiger partial charge on any atom is 0.134 e. The molecule has 0 aromatic heterocycles. The van der Waals surface area contributed by atoms with Gasteiger partial charge in [-0.15, -0.1) is 0 Å². The minimum absolute atomic E-state index is 0.103. The number of aromatic hydroxyl groups is 1. The first-order chi connectivity index (χ1) is 6.56. The van der Waals surface area contributed by atoms with Crippen molar-refractivity contribution in [1.29, 1.82) is 0 Å². The second-order valence-electron chi connectivity index (χ2n) is 3.22. The van der Waals surface area contributed by atoms with Crippen LogP contribution < -0.4 is 5.73 Å². The van der Waals surface area contributed by atoms with Crippen LogP contribution >= 0.6 is 31.9 Å². The summed E-state index contributed by atoms with van der Waals surface area (Å²) in [6, 6.07) is 3.56. The van der Waals surface area contributed by atoms with E-state index in [-0.39, 0.29) is 11.8 Å². The van der Waals surface area contributed by atoms with Gasteiger partial charge in [-0.05, 0) is 34.5 Å². The molecule has 0 aliphatic heterocycles. The third kappa shape index (κ3) is 2.72. The molecule has 1 aromatic carbocycles. The summed E-state index contributed by atoms with van der Waals surface area (Å²) >= 11 is 6.65. The fraction of sp³-hybridized carbons (Fsp3) is 0.400. The van der Waals surface area contributed by atoms with Crippen LogP contribution in [0.25, 0.3) is 0 Å². The van der Waals surface area contributed by atoms with Crippen LogP contribution in [-0.2, 0) is 0 Å². The number of rotatable bonds is 3. The molecule has 0 saturated heterocycles. The van der Waals surface area contributed by atoms with Crippen LogP contribution in [0.2, 0.25) is 0 Å². The molecule has 14 heavy (non-hydrogen) atoms. The molecule has 2 nitrogen and oxygen atoms in total. The Morgan fingerprint density at radius 2 is 2.07 bits per heavy atom. The first-order valence-electron chi connectivity index (χ1n) is 4.49. The number of phenols is 1. The number of hydrogen-bond donors (Lipinski definition) is 2. The first-order valence-corrected chi connectivity index (χ1v) is 6.08. The molecule has 1 rings (SSSR count). The lowest BCUT2D eigenvalue weighted by molar-refractivity contribution is 0.454. The topological polar surface area (TPSA) is 46.2 Å². The Morgan fingerprint density at radius 1 is 1.43 bits per heavy atom. The van der Waals surface area contributed by atoms with Gasteiger partial charge in [0.15, 0.2) is 0 Å². The highest BCUT2D eigenvalue weighted by atomic mass is 79.9. The summed E-state index contributed by atoms with van der Waals surface area (Å²) in [5, 5.41) is 9.77. The van der Waals surface area contributed by atoms with Gasteiger partial charge in [0.1, 0.15) is 5.75 Å². The molecule has 0 saturated carbocycles. The molecule has 0 fully saturated rings. The summed E-state index contributed by atoms with van der Waals surface area (Å²) in [5.41, 5.74) is 6.73. The fourth-order valence-corrected chi connectivity index (χ4v) is 2.59. The van der Waals surface area contributed by atoms with Gasteiger partial charge in [0.2, 0.25) is 0 Å². The van der Waals surface area contributed by atoms with Crippen LogP contribution in [0, 0.1) is 0 Å². The maximum absolute atomic E-state index is 9.77. The molecule has 0 radical (unpaired) electrons. The monoisotopic (exact) mass is 321 g/mol. The normalized spacial score (nSPS) is 12.9. The van der Waals surface area contributed by atoms with Gasteiger partial charge in [0.05, 0.1) is 4.47 Å². The Labute approximate surface area is 101 Å². The van der Waals surface area contributed by atoms with Gasteiger partial charge >= 0.3 is 0 Å². The zero-order chi connectivity index (χ0) is 10.7. The Morgan fingerprint density at radius 3 is 2.64 bits per heavy atom. The van der Waals surface area contributed by atoms with Crippen molar-refractivity contribution in [1.82, 2.24) is 0 Å². The number of benzene rings is 1. The van der Waals surface area contributed by atoms with E-state index in [9.17, 15) is 5.11 Å². The maximum atomic E-state index is 9.77.